The number of hydrogen-bond donors (Lipinski definition) is 3. The summed E-state index contributed by atoms with van der Waals surface area (Å²) in [6, 6.07) is 3.21. The zero-order valence-electron chi connectivity index (χ0n) is 8.06. The Morgan fingerprint density at radius 2 is 2.20 bits per heavy atom. The Hall–Kier alpha value is -2.11. The maximum Gasteiger partial charge on any atom is 0.272 e. The lowest BCUT2D eigenvalue weighted by Gasteiger charge is -2.04. The molecule has 0 aliphatic rings. The van der Waals surface area contributed by atoms with E-state index in [0.29, 0.717) is 5.69 Å². The summed E-state index contributed by atoms with van der Waals surface area (Å²) in [4.78, 5) is 25.7. The molecule has 1 rings (SSSR count). The first-order valence-electron chi connectivity index (χ1n) is 4.38. The van der Waals surface area contributed by atoms with Crippen LogP contribution in [0.4, 0.5) is 5.69 Å². The van der Waals surface area contributed by atoms with E-state index in [4.69, 9.17) is 11.5 Å². The molecule has 0 atom stereocenters. The fourth-order valence-electron chi connectivity index (χ4n) is 0.990. The number of hydrogen-bond acceptors (Lipinski definition) is 4. The van der Waals surface area contributed by atoms with E-state index < -0.39 is 11.8 Å². The molecule has 0 spiro atoms. The second-order valence-corrected chi connectivity index (χ2v) is 2.91. The number of aromatic nitrogens is 1. The second kappa shape index (κ2) is 4.94. The summed E-state index contributed by atoms with van der Waals surface area (Å²) in [5.41, 5.74) is 10.9. The predicted molar refractivity (Wildman–Crippen MR) is 54.8 cm³/mol. The molecule has 0 saturated heterocycles. The molecule has 0 radical (unpaired) electrons. The van der Waals surface area contributed by atoms with Crippen molar-refractivity contribution < 1.29 is 9.59 Å². The third kappa shape index (κ3) is 3.26. The number of nitrogens with one attached hydrogen (secondary N) is 1. The van der Waals surface area contributed by atoms with Crippen LogP contribution in [0.3, 0.4) is 0 Å². The van der Waals surface area contributed by atoms with E-state index in [9.17, 15) is 9.59 Å². The van der Waals surface area contributed by atoms with Crippen molar-refractivity contribution in [3.63, 3.8) is 0 Å². The number of carbonyl (C=O) groups excluding carboxylic acids is 2. The van der Waals surface area contributed by atoms with Crippen molar-refractivity contribution in [2.75, 3.05) is 12.3 Å². The number of rotatable bonds is 4. The molecule has 6 nitrogen and oxygen atoms in total. The standard InChI is InChI=1S/C9H12N4O2/c10-6-2-1-4-12-8(6)9(15)13-5-3-7(11)14/h1-2,4H,3,5,10H2,(H2,11,14)(H,13,15). The molecule has 1 aromatic heterocycles. The van der Waals surface area contributed by atoms with Crippen LogP contribution in [0.2, 0.25) is 0 Å². The van der Waals surface area contributed by atoms with E-state index in [2.05, 4.69) is 10.3 Å². The molecule has 0 unspecified atom stereocenters. The average molecular weight is 208 g/mol. The quantitative estimate of drug-likeness (QED) is 0.605. The summed E-state index contributed by atoms with van der Waals surface area (Å²) in [6.45, 7) is 0.185. The Labute approximate surface area is 86.7 Å². The van der Waals surface area contributed by atoms with Crippen LogP contribution < -0.4 is 16.8 Å². The van der Waals surface area contributed by atoms with Crippen molar-refractivity contribution in [1.29, 1.82) is 0 Å². The summed E-state index contributed by atoms with van der Waals surface area (Å²) >= 11 is 0. The number of nitrogens with zero attached hydrogens (tertiary/aromatic N) is 1. The highest BCUT2D eigenvalue weighted by atomic mass is 16.2. The molecule has 80 valence electrons. The lowest BCUT2D eigenvalue weighted by molar-refractivity contribution is -0.117. The molecular formula is C9H12N4O2. The number of carbonyl (C=O) groups is 2. The van der Waals surface area contributed by atoms with Gasteiger partial charge in [0.05, 0.1) is 5.69 Å². The number of pyridine rings is 1. The number of nitrogen functional groups attached to an aromatic ring is 1. The second-order valence-electron chi connectivity index (χ2n) is 2.91. The Morgan fingerprint density at radius 3 is 2.80 bits per heavy atom. The van der Waals surface area contributed by atoms with Gasteiger partial charge < -0.3 is 16.8 Å². The van der Waals surface area contributed by atoms with Gasteiger partial charge in [-0.25, -0.2) is 4.98 Å². The monoisotopic (exact) mass is 208 g/mol. The van der Waals surface area contributed by atoms with Crippen molar-refractivity contribution in [2.24, 2.45) is 5.73 Å². The largest absolute Gasteiger partial charge is 0.397 e. The van der Waals surface area contributed by atoms with Crippen LogP contribution in [0.1, 0.15) is 16.9 Å². The minimum absolute atomic E-state index is 0.0957. The normalized spacial score (nSPS) is 9.60. The van der Waals surface area contributed by atoms with Gasteiger partial charge in [0, 0.05) is 19.2 Å². The van der Waals surface area contributed by atoms with E-state index in [1.807, 2.05) is 0 Å². The first kappa shape index (κ1) is 11.0. The van der Waals surface area contributed by atoms with Gasteiger partial charge in [-0.1, -0.05) is 0 Å². The Morgan fingerprint density at radius 1 is 1.47 bits per heavy atom. The van der Waals surface area contributed by atoms with Crippen molar-refractivity contribution in [2.45, 2.75) is 6.42 Å². The Kier molecular flexibility index (Phi) is 3.61. The van der Waals surface area contributed by atoms with E-state index in [1.54, 1.807) is 12.1 Å². The van der Waals surface area contributed by atoms with E-state index in [0.717, 1.165) is 0 Å². The number of nitrogens with two attached hydrogens (primary N) is 2. The topological polar surface area (TPSA) is 111 Å². The molecule has 5 N–H and O–H groups in total. The summed E-state index contributed by atoms with van der Waals surface area (Å²) in [5, 5.41) is 2.49. The van der Waals surface area contributed by atoms with Gasteiger partial charge in [-0.3, -0.25) is 9.59 Å². The van der Waals surface area contributed by atoms with Crippen molar-refractivity contribution >= 4 is 17.5 Å². The smallest absolute Gasteiger partial charge is 0.272 e. The molecule has 15 heavy (non-hydrogen) atoms. The number of primary amides is 1. The van der Waals surface area contributed by atoms with Crippen molar-refractivity contribution in [3.8, 4) is 0 Å². The van der Waals surface area contributed by atoms with E-state index >= 15 is 0 Å². The Bertz CT molecular complexity index is 378. The first-order valence-corrected chi connectivity index (χ1v) is 4.38. The van der Waals surface area contributed by atoms with Gasteiger partial charge in [0.15, 0.2) is 5.69 Å². The maximum atomic E-state index is 11.4. The van der Waals surface area contributed by atoms with Crippen LogP contribution in [0.25, 0.3) is 0 Å². The molecule has 0 saturated carbocycles. The SMILES string of the molecule is NC(=O)CCNC(=O)c1ncccc1N. The number of anilines is 1. The molecule has 0 aromatic carbocycles. The fraction of sp³-hybridized carbons (Fsp3) is 0.222. The average Bonchev–Trinajstić information content (AvgIpc) is 2.17. The molecule has 0 fully saturated rings. The maximum absolute atomic E-state index is 11.4. The van der Waals surface area contributed by atoms with Crippen LogP contribution in [0, 0.1) is 0 Å². The zero-order chi connectivity index (χ0) is 11.3. The van der Waals surface area contributed by atoms with Crippen LogP contribution in [-0.2, 0) is 4.79 Å². The van der Waals surface area contributed by atoms with E-state index in [-0.39, 0.29) is 18.7 Å². The number of amides is 2. The third-order valence-corrected chi connectivity index (χ3v) is 1.71. The van der Waals surface area contributed by atoms with Gasteiger partial charge in [-0.15, -0.1) is 0 Å². The summed E-state index contributed by atoms with van der Waals surface area (Å²) in [5.74, 6) is -0.876. The van der Waals surface area contributed by atoms with Gasteiger partial charge in [0.2, 0.25) is 5.91 Å². The lowest BCUT2D eigenvalue weighted by atomic mass is 10.3. The zero-order valence-corrected chi connectivity index (χ0v) is 8.06. The molecule has 0 aliphatic heterocycles. The summed E-state index contributed by atoms with van der Waals surface area (Å²) < 4.78 is 0. The highest BCUT2D eigenvalue weighted by molar-refractivity contribution is 5.97. The predicted octanol–water partition coefficient (Wildman–Crippen LogP) is -0.731. The minimum atomic E-state index is -0.468. The summed E-state index contributed by atoms with van der Waals surface area (Å²) in [6.07, 6.45) is 1.57. The third-order valence-electron chi connectivity index (χ3n) is 1.71. The van der Waals surface area contributed by atoms with E-state index in [1.165, 1.54) is 6.20 Å². The molecular weight excluding hydrogens is 196 g/mol. The molecule has 1 heterocycles. The van der Waals surface area contributed by atoms with Gasteiger partial charge in [0.1, 0.15) is 0 Å². The highest BCUT2D eigenvalue weighted by Gasteiger charge is 2.09. The minimum Gasteiger partial charge on any atom is -0.397 e. The Balaban J connectivity index is 2.54. The van der Waals surface area contributed by atoms with Crippen LogP contribution in [0.5, 0.6) is 0 Å². The molecule has 0 bridgehead atoms. The van der Waals surface area contributed by atoms with Crippen molar-refractivity contribution in [3.05, 3.63) is 24.0 Å². The van der Waals surface area contributed by atoms with Crippen molar-refractivity contribution in [1.82, 2.24) is 10.3 Å². The van der Waals surface area contributed by atoms with Crippen LogP contribution >= 0.6 is 0 Å². The van der Waals surface area contributed by atoms with Crippen LogP contribution in [0.15, 0.2) is 18.3 Å². The molecule has 6 heteroatoms. The lowest BCUT2D eigenvalue weighted by Crippen LogP contribution is -2.29. The first-order chi connectivity index (χ1) is 7.11. The fourth-order valence-corrected chi connectivity index (χ4v) is 0.990. The van der Waals surface area contributed by atoms with Gasteiger partial charge in [-0.2, -0.15) is 0 Å². The molecule has 0 aliphatic carbocycles. The van der Waals surface area contributed by atoms with Gasteiger partial charge in [0.25, 0.3) is 5.91 Å². The molecule has 2 amide bonds. The molecule has 1 aromatic rings. The van der Waals surface area contributed by atoms with Gasteiger partial charge in [-0.05, 0) is 12.1 Å². The van der Waals surface area contributed by atoms with Crippen LogP contribution in [-0.4, -0.2) is 23.3 Å². The van der Waals surface area contributed by atoms with Gasteiger partial charge >= 0.3 is 0 Å². The highest BCUT2D eigenvalue weighted by Crippen LogP contribution is 2.05. The summed E-state index contributed by atoms with van der Waals surface area (Å²) in [7, 11) is 0.